The quantitative estimate of drug-likeness (QED) is 0.323. The van der Waals surface area contributed by atoms with Gasteiger partial charge in [-0.25, -0.2) is 4.98 Å². The summed E-state index contributed by atoms with van der Waals surface area (Å²) < 4.78 is 0. The number of aliphatic hydroxyl groups excluding tert-OH is 1. The number of para-hydroxylation sites is 2. The summed E-state index contributed by atoms with van der Waals surface area (Å²) >= 11 is 0. The molecule has 76 valence electrons. The van der Waals surface area contributed by atoms with Gasteiger partial charge in [-0.1, -0.05) is 12.1 Å². The highest BCUT2D eigenvalue weighted by Crippen LogP contribution is 2.08. The molecule has 0 aliphatic heterocycles. The monoisotopic (exact) mass is 204 g/mol. The van der Waals surface area contributed by atoms with Crippen molar-refractivity contribution in [3.05, 3.63) is 46.6 Å². The Bertz CT molecular complexity index is 535. The Morgan fingerprint density at radius 2 is 1.87 bits per heavy atom. The number of aliphatic hydroxyl groups is 1. The lowest BCUT2D eigenvalue weighted by molar-refractivity contribution is -0.389. The van der Waals surface area contributed by atoms with Crippen molar-refractivity contribution >= 4 is 16.9 Å². The molecule has 0 aliphatic rings. The molecule has 2 aromatic rings. The van der Waals surface area contributed by atoms with Gasteiger partial charge in [0.1, 0.15) is 0 Å². The summed E-state index contributed by atoms with van der Waals surface area (Å²) in [5.41, 5.74) is 0.986. The second kappa shape index (κ2) is 3.41. The van der Waals surface area contributed by atoms with Crippen molar-refractivity contribution in [2.24, 2.45) is 0 Å². The van der Waals surface area contributed by atoms with E-state index < -0.39 is 10.8 Å². The van der Waals surface area contributed by atoms with Crippen LogP contribution >= 0.6 is 0 Å². The molecule has 1 aromatic carbocycles. The van der Waals surface area contributed by atoms with Gasteiger partial charge in [0.2, 0.25) is 0 Å². The molecule has 1 heterocycles. The zero-order valence-corrected chi connectivity index (χ0v) is 7.49. The minimum Gasteiger partial charge on any atom is -0.610 e. The van der Waals surface area contributed by atoms with E-state index in [0.717, 1.165) is 0 Å². The fraction of sp³-hybridized carbons (Fsp3) is 0. The number of aromatic nitrogens is 2. The Labute approximate surface area is 84.3 Å². The van der Waals surface area contributed by atoms with E-state index >= 15 is 0 Å². The Balaban J connectivity index is 2.62. The molecule has 15 heavy (non-hydrogen) atoms. The van der Waals surface area contributed by atoms with Gasteiger partial charge in [-0.05, 0) is 12.1 Å². The van der Waals surface area contributed by atoms with E-state index in [-0.39, 0.29) is 5.69 Å². The fourth-order valence-electron chi connectivity index (χ4n) is 1.16. The van der Waals surface area contributed by atoms with Crippen LogP contribution in [-0.2, 0) is 0 Å². The number of benzene rings is 1. The molecule has 2 rings (SSSR count). The number of hydrogen-bond acceptors (Lipinski definition) is 4. The van der Waals surface area contributed by atoms with Crippen molar-refractivity contribution in [2.45, 2.75) is 0 Å². The van der Waals surface area contributed by atoms with Crippen LogP contribution in [0.3, 0.4) is 0 Å². The molecule has 0 atom stereocenters. The minimum absolute atomic E-state index is 0.140. The molecule has 1 aromatic heterocycles. The van der Waals surface area contributed by atoms with E-state index in [1.54, 1.807) is 24.3 Å². The van der Waals surface area contributed by atoms with E-state index in [0.29, 0.717) is 11.0 Å². The summed E-state index contributed by atoms with van der Waals surface area (Å²) in [6.07, 6.45) is 1.17. The summed E-state index contributed by atoms with van der Waals surface area (Å²) in [7, 11) is 0. The zero-order chi connectivity index (χ0) is 10.8. The van der Waals surface area contributed by atoms with Crippen LogP contribution in [0.1, 0.15) is 5.69 Å². The SMILES string of the molecule is [O-][N+]([O-])=C(O)c1cnc2ccccc2n1. The largest absolute Gasteiger partial charge is 0.610 e. The van der Waals surface area contributed by atoms with Crippen LogP contribution in [0.25, 0.3) is 11.0 Å². The third kappa shape index (κ3) is 1.64. The lowest BCUT2D eigenvalue weighted by atomic mass is 10.3. The molecular formula is C9H6N3O3-. The first-order chi connectivity index (χ1) is 7.18. The fourth-order valence-corrected chi connectivity index (χ4v) is 1.16. The first-order valence-corrected chi connectivity index (χ1v) is 4.11. The van der Waals surface area contributed by atoms with Crippen molar-refractivity contribution in [1.29, 1.82) is 0 Å². The average Bonchev–Trinajstić information content (AvgIpc) is 2.27. The van der Waals surface area contributed by atoms with Crippen molar-refractivity contribution in [1.82, 2.24) is 9.97 Å². The summed E-state index contributed by atoms with van der Waals surface area (Å²) in [6.45, 7) is 0. The third-order valence-electron chi connectivity index (χ3n) is 1.85. The van der Waals surface area contributed by atoms with Gasteiger partial charge in [-0.3, -0.25) is 4.98 Å². The average molecular weight is 204 g/mol. The third-order valence-corrected chi connectivity index (χ3v) is 1.85. The van der Waals surface area contributed by atoms with Gasteiger partial charge >= 0.3 is 5.90 Å². The highest BCUT2D eigenvalue weighted by Gasteiger charge is 2.10. The second-order valence-electron chi connectivity index (χ2n) is 2.82. The van der Waals surface area contributed by atoms with Crippen LogP contribution in [0.15, 0.2) is 30.5 Å². The van der Waals surface area contributed by atoms with Crippen molar-refractivity contribution in [2.75, 3.05) is 0 Å². The lowest BCUT2D eigenvalue weighted by Crippen LogP contribution is -2.13. The molecule has 0 spiro atoms. The van der Waals surface area contributed by atoms with E-state index in [1.807, 2.05) is 0 Å². The van der Waals surface area contributed by atoms with E-state index in [9.17, 15) is 10.4 Å². The summed E-state index contributed by atoms with van der Waals surface area (Å²) in [5, 5.41) is 29.6. The van der Waals surface area contributed by atoms with Crippen LogP contribution < -0.4 is 0 Å². The maximum absolute atomic E-state index is 10.3. The normalized spacial score (nSPS) is 10.1. The highest BCUT2D eigenvalue weighted by atomic mass is 16.8. The van der Waals surface area contributed by atoms with E-state index in [1.165, 1.54) is 6.20 Å². The smallest absolute Gasteiger partial charge is 0.411 e. The Kier molecular flexibility index (Phi) is 2.09. The van der Waals surface area contributed by atoms with Gasteiger partial charge in [0.15, 0.2) is 5.69 Å². The molecule has 6 nitrogen and oxygen atoms in total. The number of nitrogens with zero attached hydrogens (tertiary/aromatic N) is 3. The Morgan fingerprint density at radius 1 is 1.20 bits per heavy atom. The summed E-state index contributed by atoms with van der Waals surface area (Å²) in [4.78, 5) is 6.94. The van der Waals surface area contributed by atoms with Gasteiger partial charge in [0.05, 0.1) is 17.2 Å². The van der Waals surface area contributed by atoms with E-state index in [2.05, 4.69) is 9.97 Å². The highest BCUT2D eigenvalue weighted by molar-refractivity contribution is 5.88. The maximum atomic E-state index is 10.3. The Morgan fingerprint density at radius 3 is 2.53 bits per heavy atom. The summed E-state index contributed by atoms with van der Waals surface area (Å²) in [6, 6.07) is 6.92. The molecule has 0 bridgehead atoms. The van der Waals surface area contributed by atoms with Crippen LogP contribution in [0.5, 0.6) is 0 Å². The van der Waals surface area contributed by atoms with Crippen molar-refractivity contribution in [3.63, 3.8) is 0 Å². The second-order valence-corrected chi connectivity index (χ2v) is 2.82. The molecule has 0 aliphatic carbocycles. The predicted octanol–water partition coefficient (Wildman–Crippen LogP) is 0.942. The van der Waals surface area contributed by atoms with Crippen LogP contribution in [-0.4, -0.2) is 25.9 Å². The Hall–Kier alpha value is -2.37. The van der Waals surface area contributed by atoms with Gasteiger partial charge < -0.3 is 15.5 Å². The summed E-state index contributed by atoms with van der Waals surface area (Å²) in [5.74, 6) is -0.992. The molecule has 6 heteroatoms. The van der Waals surface area contributed by atoms with Gasteiger partial charge in [-0.2, -0.15) is 0 Å². The maximum Gasteiger partial charge on any atom is 0.411 e. The number of hydrogen-bond donors (Lipinski definition) is 1. The minimum atomic E-state index is -0.992. The molecule has 0 fully saturated rings. The van der Waals surface area contributed by atoms with Crippen LogP contribution in [0.2, 0.25) is 0 Å². The van der Waals surface area contributed by atoms with Gasteiger partial charge in [0, 0.05) is 0 Å². The molecule has 0 amide bonds. The molecule has 0 unspecified atom stereocenters. The number of fused-ring (bicyclic) bond motifs is 1. The lowest BCUT2D eigenvalue weighted by Gasteiger charge is -2.05. The van der Waals surface area contributed by atoms with Crippen LogP contribution in [0.4, 0.5) is 0 Å². The van der Waals surface area contributed by atoms with Crippen molar-refractivity contribution in [3.8, 4) is 0 Å². The number of rotatable bonds is 1. The molecule has 0 saturated carbocycles. The predicted molar refractivity (Wildman–Crippen MR) is 53.3 cm³/mol. The zero-order valence-electron chi connectivity index (χ0n) is 7.49. The first-order valence-electron chi connectivity index (χ1n) is 4.11. The standard InChI is InChI=1S/C9H6N3O3/c13-9(12(14)15)8-5-10-6-3-1-2-4-7(6)11-8/h1-5H,(H-,10,11,13,14,15)/q-1. The van der Waals surface area contributed by atoms with Gasteiger partial charge in [0.25, 0.3) is 0 Å². The van der Waals surface area contributed by atoms with E-state index in [4.69, 9.17) is 5.11 Å². The molecule has 0 saturated heterocycles. The van der Waals surface area contributed by atoms with Crippen molar-refractivity contribution < 1.29 is 10.0 Å². The molecular weight excluding hydrogens is 198 g/mol. The topological polar surface area (TPSA) is 95.1 Å². The first kappa shape index (κ1) is 9.20. The van der Waals surface area contributed by atoms with Gasteiger partial charge in [-0.15, -0.1) is 4.90 Å². The molecule has 1 N–H and O–H groups in total. The molecule has 0 radical (unpaired) electrons. The van der Waals surface area contributed by atoms with Crippen LogP contribution in [0, 0.1) is 10.4 Å².